The van der Waals surface area contributed by atoms with Crippen molar-refractivity contribution in [3.8, 4) is 0 Å². The van der Waals surface area contributed by atoms with E-state index in [9.17, 15) is 9.90 Å². The number of esters is 1. The molecule has 2 N–H and O–H groups in total. The highest BCUT2D eigenvalue weighted by Crippen LogP contribution is 2.49. The molecule has 3 heterocycles. The summed E-state index contributed by atoms with van der Waals surface area (Å²) in [6, 6.07) is 6.93. The summed E-state index contributed by atoms with van der Waals surface area (Å²) in [5, 5.41) is 11.9. The number of aliphatic hydroxyl groups is 1. The number of methoxy groups -OCH3 is 1. The van der Waals surface area contributed by atoms with E-state index in [2.05, 4.69) is 35.0 Å². The summed E-state index contributed by atoms with van der Waals surface area (Å²) >= 11 is 0. The number of fused-ring (bicyclic) bond motifs is 6. The predicted octanol–water partition coefficient (Wildman–Crippen LogP) is 2.96. The molecule has 5 atom stereocenters. The average Bonchev–Trinajstić information content (AvgIpc) is 3.04. The van der Waals surface area contributed by atoms with Gasteiger partial charge in [-0.05, 0) is 62.1 Å². The molecule has 1 saturated heterocycles. The van der Waals surface area contributed by atoms with Crippen molar-refractivity contribution in [2.45, 2.75) is 44.8 Å². The minimum atomic E-state index is -0.571. The van der Waals surface area contributed by atoms with Crippen LogP contribution in [0.15, 0.2) is 18.2 Å². The smallest absolute Gasteiger partial charge is 0.311 e. The van der Waals surface area contributed by atoms with Crippen molar-refractivity contribution in [1.82, 2.24) is 9.88 Å². The first kappa shape index (κ1) is 17.3. The quantitative estimate of drug-likeness (QED) is 0.760. The lowest BCUT2D eigenvalue weighted by Gasteiger charge is -2.50. The summed E-state index contributed by atoms with van der Waals surface area (Å²) in [6.45, 7) is 4.24. The van der Waals surface area contributed by atoms with Crippen molar-refractivity contribution in [1.29, 1.82) is 0 Å². The lowest BCUT2D eigenvalue weighted by Crippen LogP contribution is -2.53. The molecule has 0 radical (unpaired) electrons. The lowest BCUT2D eigenvalue weighted by molar-refractivity contribution is -0.160. The number of hydrogen-bond acceptors (Lipinski definition) is 4. The fourth-order valence-corrected chi connectivity index (χ4v) is 5.97. The molecule has 1 aromatic heterocycles. The third kappa shape index (κ3) is 2.63. The van der Waals surface area contributed by atoms with Gasteiger partial charge in [0.05, 0.1) is 25.2 Å². The highest BCUT2D eigenvalue weighted by Gasteiger charge is 2.49. The Hall–Kier alpha value is -1.85. The molecule has 27 heavy (non-hydrogen) atoms. The number of carbonyl (C=O) groups is 1. The van der Waals surface area contributed by atoms with E-state index in [1.165, 1.54) is 34.8 Å². The maximum Gasteiger partial charge on any atom is 0.311 e. The average molecular weight is 368 g/mol. The van der Waals surface area contributed by atoms with Gasteiger partial charge in [0.2, 0.25) is 0 Å². The Balaban J connectivity index is 1.53. The van der Waals surface area contributed by atoms with Crippen LogP contribution in [0.4, 0.5) is 0 Å². The Labute approximate surface area is 159 Å². The summed E-state index contributed by atoms with van der Waals surface area (Å²) in [5.74, 6) is 0.0466. The van der Waals surface area contributed by atoms with Crippen LogP contribution in [0.25, 0.3) is 10.9 Å². The van der Waals surface area contributed by atoms with Gasteiger partial charge in [-0.3, -0.25) is 9.69 Å². The molecule has 2 aromatic rings. The number of nitrogens with one attached hydrogen (secondary N) is 1. The van der Waals surface area contributed by atoms with Gasteiger partial charge in [-0.1, -0.05) is 11.6 Å². The Kier molecular flexibility index (Phi) is 4.06. The topological polar surface area (TPSA) is 65.6 Å². The van der Waals surface area contributed by atoms with E-state index in [-0.39, 0.29) is 17.8 Å². The van der Waals surface area contributed by atoms with E-state index in [4.69, 9.17) is 4.74 Å². The largest absolute Gasteiger partial charge is 0.469 e. The number of aliphatic hydroxyl groups excluding tert-OH is 1. The molecule has 1 unspecified atom stereocenters. The van der Waals surface area contributed by atoms with Crippen LogP contribution in [0.3, 0.4) is 0 Å². The van der Waals surface area contributed by atoms with E-state index < -0.39 is 6.10 Å². The first-order chi connectivity index (χ1) is 13.1. The van der Waals surface area contributed by atoms with Crippen LogP contribution < -0.4 is 0 Å². The maximum atomic E-state index is 12.4. The van der Waals surface area contributed by atoms with Crippen molar-refractivity contribution in [3.63, 3.8) is 0 Å². The number of aromatic amines is 1. The summed E-state index contributed by atoms with van der Waals surface area (Å²) in [4.78, 5) is 18.7. The molecule has 0 spiro atoms. The van der Waals surface area contributed by atoms with Crippen molar-refractivity contribution < 1.29 is 14.6 Å². The molecular formula is C22H28N2O3. The highest BCUT2D eigenvalue weighted by molar-refractivity contribution is 5.86. The highest BCUT2D eigenvalue weighted by atomic mass is 16.5. The van der Waals surface area contributed by atoms with Crippen molar-refractivity contribution in [2.75, 3.05) is 20.2 Å². The number of carbonyl (C=O) groups excluding carboxylic acids is 1. The van der Waals surface area contributed by atoms with Crippen molar-refractivity contribution in [3.05, 3.63) is 35.0 Å². The van der Waals surface area contributed by atoms with Crippen LogP contribution in [-0.4, -0.2) is 47.3 Å². The van der Waals surface area contributed by atoms with E-state index in [0.717, 1.165) is 32.4 Å². The summed E-state index contributed by atoms with van der Waals surface area (Å²) in [5.41, 5.74) is 5.27. The Bertz CT molecular complexity index is 889. The third-order valence-electron chi connectivity index (χ3n) is 7.27. The van der Waals surface area contributed by atoms with Crippen LogP contribution >= 0.6 is 0 Å². The SMILES string of the molecule is COC(=O)C1[C@H]2C[C@H]3c4[nH]c5ccc(C)cc5c4CCN3C[C@H]2CC[C@@H]1O. The van der Waals surface area contributed by atoms with Gasteiger partial charge in [-0.15, -0.1) is 0 Å². The number of hydrogen-bond donors (Lipinski definition) is 2. The monoisotopic (exact) mass is 368 g/mol. The maximum absolute atomic E-state index is 12.4. The molecule has 3 aliphatic rings. The van der Waals surface area contributed by atoms with Gasteiger partial charge in [-0.25, -0.2) is 0 Å². The minimum Gasteiger partial charge on any atom is -0.469 e. The predicted molar refractivity (Wildman–Crippen MR) is 103 cm³/mol. The second-order valence-electron chi connectivity index (χ2n) is 8.68. The molecule has 1 aliphatic carbocycles. The zero-order valence-electron chi connectivity index (χ0n) is 16.1. The van der Waals surface area contributed by atoms with Crippen LogP contribution in [-0.2, 0) is 16.0 Å². The molecule has 5 rings (SSSR count). The van der Waals surface area contributed by atoms with E-state index >= 15 is 0 Å². The molecule has 2 aliphatic heterocycles. The molecule has 1 saturated carbocycles. The number of benzene rings is 1. The number of nitrogens with zero attached hydrogens (tertiary/aromatic N) is 1. The van der Waals surface area contributed by atoms with Gasteiger partial charge in [-0.2, -0.15) is 0 Å². The van der Waals surface area contributed by atoms with Crippen LogP contribution in [0.5, 0.6) is 0 Å². The zero-order valence-corrected chi connectivity index (χ0v) is 16.1. The van der Waals surface area contributed by atoms with Crippen LogP contribution in [0.1, 0.15) is 42.1 Å². The molecule has 0 amide bonds. The van der Waals surface area contributed by atoms with Gasteiger partial charge in [0, 0.05) is 29.7 Å². The molecule has 1 aromatic carbocycles. The number of piperidine rings is 1. The Morgan fingerprint density at radius 3 is 3.00 bits per heavy atom. The van der Waals surface area contributed by atoms with Crippen molar-refractivity contribution >= 4 is 16.9 Å². The first-order valence-corrected chi connectivity index (χ1v) is 10.2. The second-order valence-corrected chi connectivity index (χ2v) is 8.68. The number of aryl methyl sites for hydroxylation is 1. The number of ether oxygens (including phenoxy) is 1. The van der Waals surface area contributed by atoms with E-state index in [0.29, 0.717) is 18.4 Å². The Morgan fingerprint density at radius 2 is 2.19 bits per heavy atom. The molecule has 0 bridgehead atoms. The normalized spacial score (nSPS) is 33.2. The molecule has 144 valence electrons. The van der Waals surface area contributed by atoms with Gasteiger partial charge in [0.15, 0.2) is 0 Å². The van der Waals surface area contributed by atoms with E-state index in [1.54, 1.807) is 0 Å². The van der Waals surface area contributed by atoms with Gasteiger partial charge >= 0.3 is 5.97 Å². The molecule has 2 fully saturated rings. The van der Waals surface area contributed by atoms with E-state index in [1.807, 2.05) is 0 Å². The van der Waals surface area contributed by atoms with Crippen LogP contribution in [0, 0.1) is 24.7 Å². The van der Waals surface area contributed by atoms with Gasteiger partial charge in [0.1, 0.15) is 0 Å². The van der Waals surface area contributed by atoms with Crippen LogP contribution in [0.2, 0.25) is 0 Å². The van der Waals surface area contributed by atoms with Gasteiger partial charge < -0.3 is 14.8 Å². The number of H-pyrrole nitrogens is 1. The molecule has 5 heteroatoms. The standard InChI is InChI=1S/C22H28N2O3/c1-12-3-5-17-16(9-12)14-7-8-24-11-13-4-6-19(25)20(22(26)27-2)15(13)10-18(24)21(14)23-17/h3,5,9,13,15,18-20,23,25H,4,6-8,10-11H2,1-2H3/t13-,15+,18+,19+,20?/m1/s1. The minimum absolute atomic E-state index is 0.196. The molecular weight excluding hydrogens is 340 g/mol. The van der Waals surface area contributed by atoms with Crippen molar-refractivity contribution in [2.24, 2.45) is 17.8 Å². The fourth-order valence-electron chi connectivity index (χ4n) is 5.97. The second kappa shape index (κ2) is 6.35. The summed E-state index contributed by atoms with van der Waals surface area (Å²) in [6.07, 6.45) is 3.13. The molecule has 5 nitrogen and oxygen atoms in total. The summed E-state index contributed by atoms with van der Waals surface area (Å²) in [7, 11) is 1.44. The van der Waals surface area contributed by atoms with Gasteiger partial charge in [0.25, 0.3) is 0 Å². The lowest BCUT2D eigenvalue weighted by atomic mass is 9.65. The number of aromatic nitrogens is 1. The number of rotatable bonds is 1. The first-order valence-electron chi connectivity index (χ1n) is 10.2. The summed E-state index contributed by atoms with van der Waals surface area (Å²) < 4.78 is 5.06. The fraction of sp³-hybridized carbons (Fsp3) is 0.591. The Morgan fingerprint density at radius 1 is 1.33 bits per heavy atom. The third-order valence-corrected chi connectivity index (χ3v) is 7.27. The zero-order chi connectivity index (χ0) is 18.7.